The SMILES string of the molecule is O=C1CCCSc2cc(O)ccc21. The minimum atomic E-state index is 0.194. The Morgan fingerprint density at radius 1 is 1.38 bits per heavy atom. The van der Waals surface area contributed by atoms with Gasteiger partial charge in [0.15, 0.2) is 5.78 Å². The Hall–Kier alpha value is -0.960. The molecule has 68 valence electrons. The van der Waals surface area contributed by atoms with Gasteiger partial charge < -0.3 is 5.11 Å². The van der Waals surface area contributed by atoms with Crippen molar-refractivity contribution in [2.75, 3.05) is 5.75 Å². The van der Waals surface area contributed by atoms with E-state index in [1.807, 2.05) is 0 Å². The molecule has 1 aliphatic heterocycles. The van der Waals surface area contributed by atoms with Crippen molar-refractivity contribution in [3.8, 4) is 5.75 Å². The van der Waals surface area contributed by atoms with Crippen molar-refractivity contribution in [3.63, 3.8) is 0 Å². The smallest absolute Gasteiger partial charge is 0.164 e. The van der Waals surface area contributed by atoms with Crippen molar-refractivity contribution in [3.05, 3.63) is 23.8 Å². The third kappa shape index (κ3) is 1.70. The monoisotopic (exact) mass is 194 g/mol. The number of fused-ring (bicyclic) bond motifs is 1. The van der Waals surface area contributed by atoms with Gasteiger partial charge in [0, 0.05) is 16.9 Å². The number of carbonyl (C=O) groups excluding carboxylic acids is 1. The highest BCUT2D eigenvalue weighted by molar-refractivity contribution is 7.99. The second-order valence-corrected chi connectivity index (χ2v) is 4.19. The van der Waals surface area contributed by atoms with Crippen LogP contribution in [-0.4, -0.2) is 16.6 Å². The Morgan fingerprint density at radius 2 is 2.23 bits per heavy atom. The third-order valence-corrected chi connectivity index (χ3v) is 3.21. The molecule has 0 fully saturated rings. The molecule has 1 heterocycles. The molecule has 0 amide bonds. The molecule has 3 heteroatoms. The number of Topliss-reactive ketones (excluding diaryl/α,β-unsaturated/α-hetero) is 1. The van der Waals surface area contributed by atoms with E-state index in [9.17, 15) is 9.90 Å². The summed E-state index contributed by atoms with van der Waals surface area (Å²) in [6.45, 7) is 0. The van der Waals surface area contributed by atoms with Crippen LogP contribution in [0.3, 0.4) is 0 Å². The third-order valence-electron chi connectivity index (χ3n) is 2.07. The molecule has 0 saturated carbocycles. The lowest BCUT2D eigenvalue weighted by Crippen LogP contribution is -1.97. The van der Waals surface area contributed by atoms with E-state index in [-0.39, 0.29) is 11.5 Å². The standard InChI is InChI=1S/C10H10O2S/c11-7-3-4-8-9(12)2-1-5-13-10(8)6-7/h3-4,6,11H,1-2,5H2. The van der Waals surface area contributed by atoms with Gasteiger partial charge in [-0.2, -0.15) is 0 Å². The fourth-order valence-corrected chi connectivity index (χ4v) is 2.46. The molecular formula is C10H10O2S. The summed E-state index contributed by atoms with van der Waals surface area (Å²) >= 11 is 1.65. The number of carbonyl (C=O) groups is 1. The van der Waals surface area contributed by atoms with Gasteiger partial charge in [-0.3, -0.25) is 4.79 Å². The number of hydrogen-bond donors (Lipinski definition) is 1. The van der Waals surface area contributed by atoms with Crippen molar-refractivity contribution in [2.24, 2.45) is 0 Å². The van der Waals surface area contributed by atoms with Crippen LogP contribution in [0.2, 0.25) is 0 Å². The zero-order valence-electron chi connectivity index (χ0n) is 7.12. The number of hydrogen-bond acceptors (Lipinski definition) is 3. The fraction of sp³-hybridized carbons (Fsp3) is 0.300. The Kier molecular flexibility index (Phi) is 2.27. The van der Waals surface area contributed by atoms with Crippen LogP contribution >= 0.6 is 11.8 Å². The molecule has 0 aromatic heterocycles. The second-order valence-electron chi connectivity index (χ2n) is 3.06. The van der Waals surface area contributed by atoms with Gasteiger partial charge in [-0.25, -0.2) is 0 Å². The minimum Gasteiger partial charge on any atom is -0.508 e. The Labute approximate surface area is 81.0 Å². The van der Waals surface area contributed by atoms with Crippen LogP contribution in [0.25, 0.3) is 0 Å². The highest BCUT2D eigenvalue weighted by Crippen LogP contribution is 2.31. The molecular weight excluding hydrogens is 184 g/mol. The first kappa shape index (κ1) is 8.63. The van der Waals surface area contributed by atoms with E-state index in [4.69, 9.17) is 0 Å². The van der Waals surface area contributed by atoms with E-state index in [2.05, 4.69) is 0 Å². The van der Waals surface area contributed by atoms with Gasteiger partial charge in [-0.05, 0) is 30.4 Å². The number of phenols is 1. The predicted molar refractivity (Wildman–Crippen MR) is 52.4 cm³/mol. The summed E-state index contributed by atoms with van der Waals surface area (Å²) < 4.78 is 0. The van der Waals surface area contributed by atoms with Crippen molar-refractivity contribution >= 4 is 17.5 Å². The first-order valence-corrected chi connectivity index (χ1v) is 5.25. The summed E-state index contributed by atoms with van der Waals surface area (Å²) in [6.07, 6.45) is 1.56. The molecule has 2 nitrogen and oxygen atoms in total. The highest BCUT2D eigenvalue weighted by atomic mass is 32.2. The molecule has 0 unspecified atom stereocenters. The minimum absolute atomic E-state index is 0.194. The maximum absolute atomic E-state index is 11.5. The quantitative estimate of drug-likeness (QED) is 0.689. The maximum atomic E-state index is 11.5. The average molecular weight is 194 g/mol. The van der Waals surface area contributed by atoms with Crippen molar-refractivity contribution in [1.29, 1.82) is 0 Å². The lowest BCUT2D eigenvalue weighted by Gasteiger charge is -2.03. The van der Waals surface area contributed by atoms with Crippen LogP contribution in [-0.2, 0) is 0 Å². The number of thioether (sulfide) groups is 1. The molecule has 0 bridgehead atoms. The largest absolute Gasteiger partial charge is 0.508 e. The van der Waals surface area contributed by atoms with Crippen LogP contribution in [0.15, 0.2) is 23.1 Å². The van der Waals surface area contributed by atoms with Crippen molar-refractivity contribution in [2.45, 2.75) is 17.7 Å². The summed E-state index contributed by atoms with van der Waals surface area (Å²) in [4.78, 5) is 12.4. The van der Waals surface area contributed by atoms with Gasteiger partial charge in [0.2, 0.25) is 0 Å². The topological polar surface area (TPSA) is 37.3 Å². The molecule has 13 heavy (non-hydrogen) atoms. The molecule has 1 aromatic carbocycles. The predicted octanol–water partition coefficient (Wildman–Crippen LogP) is 2.46. The molecule has 1 N–H and O–H groups in total. The first-order valence-electron chi connectivity index (χ1n) is 4.26. The zero-order chi connectivity index (χ0) is 9.26. The lowest BCUT2D eigenvalue weighted by molar-refractivity contribution is 0.0980. The summed E-state index contributed by atoms with van der Waals surface area (Å²) in [5.41, 5.74) is 0.764. The maximum Gasteiger partial charge on any atom is 0.164 e. The molecule has 0 aliphatic carbocycles. The Bertz CT molecular complexity index is 347. The second kappa shape index (κ2) is 3.42. The zero-order valence-corrected chi connectivity index (χ0v) is 7.93. The van der Waals surface area contributed by atoms with Crippen LogP contribution in [0, 0.1) is 0 Å². The van der Waals surface area contributed by atoms with E-state index in [1.165, 1.54) is 0 Å². The van der Waals surface area contributed by atoms with Crippen LogP contribution in [0.5, 0.6) is 5.75 Å². The normalized spacial score (nSPS) is 16.5. The van der Waals surface area contributed by atoms with Crippen LogP contribution in [0.4, 0.5) is 0 Å². The summed E-state index contributed by atoms with van der Waals surface area (Å²) in [5.74, 6) is 1.39. The van der Waals surface area contributed by atoms with Gasteiger partial charge in [0.1, 0.15) is 5.75 Å². The lowest BCUT2D eigenvalue weighted by atomic mass is 10.1. The van der Waals surface area contributed by atoms with E-state index >= 15 is 0 Å². The molecule has 1 aromatic rings. The molecule has 0 radical (unpaired) electrons. The molecule has 2 rings (SSSR count). The summed E-state index contributed by atoms with van der Waals surface area (Å²) in [5, 5.41) is 9.24. The van der Waals surface area contributed by atoms with Crippen LogP contribution < -0.4 is 0 Å². The highest BCUT2D eigenvalue weighted by Gasteiger charge is 2.15. The van der Waals surface area contributed by atoms with E-state index in [0.29, 0.717) is 6.42 Å². The van der Waals surface area contributed by atoms with Crippen molar-refractivity contribution < 1.29 is 9.90 Å². The van der Waals surface area contributed by atoms with Gasteiger partial charge in [-0.1, -0.05) is 0 Å². The number of rotatable bonds is 0. The Morgan fingerprint density at radius 3 is 3.08 bits per heavy atom. The number of aromatic hydroxyl groups is 1. The van der Waals surface area contributed by atoms with E-state index in [1.54, 1.807) is 30.0 Å². The van der Waals surface area contributed by atoms with E-state index in [0.717, 1.165) is 22.6 Å². The summed E-state index contributed by atoms with van der Waals surface area (Å²) in [7, 11) is 0. The van der Waals surface area contributed by atoms with Gasteiger partial charge in [0.05, 0.1) is 0 Å². The van der Waals surface area contributed by atoms with Gasteiger partial charge in [-0.15, -0.1) is 11.8 Å². The summed E-state index contributed by atoms with van der Waals surface area (Å²) in [6, 6.07) is 4.96. The molecule has 0 saturated heterocycles. The van der Waals surface area contributed by atoms with E-state index < -0.39 is 0 Å². The fourth-order valence-electron chi connectivity index (χ4n) is 1.41. The van der Waals surface area contributed by atoms with Crippen LogP contribution in [0.1, 0.15) is 23.2 Å². The van der Waals surface area contributed by atoms with Gasteiger partial charge in [0.25, 0.3) is 0 Å². The van der Waals surface area contributed by atoms with Gasteiger partial charge >= 0.3 is 0 Å². The number of ketones is 1. The molecule has 0 atom stereocenters. The molecule has 0 spiro atoms. The molecule has 1 aliphatic rings. The number of benzene rings is 1. The van der Waals surface area contributed by atoms with Crippen molar-refractivity contribution in [1.82, 2.24) is 0 Å². The average Bonchev–Trinajstić information content (AvgIpc) is 2.28. The first-order chi connectivity index (χ1) is 6.27. The number of phenolic OH excluding ortho intramolecular Hbond substituents is 1. The Balaban J connectivity index is 2.48.